The molecule has 2 unspecified atom stereocenters. The molecule has 1 aliphatic heterocycles. The van der Waals surface area contributed by atoms with E-state index in [0.29, 0.717) is 28.8 Å². The van der Waals surface area contributed by atoms with Crippen LogP contribution in [0.1, 0.15) is 30.2 Å². The number of halogens is 2. The van der Waals surface area contributed by atoms with Gasteiger partial charge >= 0.3 is 5.97 Å². The molecule has 0 bridgehead atoms. The fraction of sp³-hybridized carbons (Fsp3) is 0.312. The number of aliphatic carboxylic acids is 1. The Morgan fingerprint density at radius 3 is 2.77 bits per heavy atom. The number of carboxylic acid groups (broad SMARTS) is 1. The lowest BCUT2D eigenvalue weighted by Crippen LogP contribution is -2.39. The summed E-state index contributed by atoms with van der Waals surface area (Å²) in [6, 6.07) is 8.20. The van der Waals surface area contributed by atoms with Gasteiger partial charge in [-0.05, 0) is 42.7 Å². The minimum Gasteiger partial charge on any atom is -0.480 e. The summed E-state index contributed by atoms with van der Waals surface area (Å²) in [5, 5.41) is 10.4. The van der Waals surface area contributed by atoms with Crippen molar-refractivity contribution in [3.63, 3.8) is 0 Å². The SMILES string of the molecule is O=C(O)C1CCCN1C(c1ccc(Cl)c(Cl)c1)c1ccco1. The standard InChI is InChI=1S/C16H15Cl2NO3/c17-11-6-5-10(9-12(11)18)15(14-4-2-8-22-14)19-7-1-3-13(19)16(20)21/h2,4-6,8-9,13,15H,1,3,7H2,(H,20,21). The van der Waals surface area contributed by atoms with Crippen LogP contribution in [-0.2, 0) is 4.79 Å². The molecule has 3 rings (SSSR count). The largest absolute Gasteiger partial charge is 0.480 e. The van der Waals surface area contributed by atoms with Crippen molar-refractivity contribution in [1.82, 2.24) is 4.90 Å². The summed E-state index contributed by atoms with van der Waals surface area (Å²) in [5.41, 5.74) is 0.873. The second-order valence-electron chi connectivity index (χ2n) is 5.33. The van der Waals surface area contributed by atoms with Gasteiger partial charge in [0.1, 0.15) is 11.8 Å². The molecule has 0 amide bonds. The zero-order valence-electron chi connectivity index (χ0n) is 11.7. The first-order valence-electron chi connectivity index (χ1n) is 7.05. The fourth-order valence-corrected chi connectivity index (χ4v) is 3.32. The average molecular weight is 340 g/mol. The first kappa shape index (κ1) is 15.4. The molecule has 0 saturated carbocycles. The summed E-state index contributed by atoms with van der Waals surface area (Å²) in [6.45, 7) is 0.697. The van der Waals surface area contributed by atoms with Crippen molar-refractivity contribution < 1.29 is 14.3 Å². The molecule has 1 N–H and O–H groups in total. The van der Waals surface area contributed by atoms with Gasteiger partial charge in [-0.1, -0.05) is 29.3 Å². The molecule has 1 fully saturated rings. The highest BCUT2D eigenvalue weighted by Gasteiger charge is 2.38. The molecule has 116 valence electrons. The second kappa shape index (κ2) is 6.32. The van der Waals surface area contributed by atoms with E-state index in [4.69, 9.17) is 27.6 Å². The molecule has 1 aliphatic rings. The van der Waals surface area contributed by atoms with E-state index in [-0.39, 0.29) is 6.04 Å². The van der Waals surface area contributed by atoms with E-state index in [1.807, 2.05) is 17.0 Å². The van der Waals surface area contributed by atoms with Crippen LogP contribution in [0.25, 0.3) is 0 Å². The normalized spacial score (nSPS) is 20.2. The first-order valence-corrected chi connectivity index (χ1v) is 7.80. The number of rotatable bonds is 4. The Bertz CT molecular complexity index is 672. The van der Waals surface area contributed by atoms with Crippen LogP contribution in [0, 0.1) is 0 Å². The minimum atomic E-state index is -0.811. The second-order valence-corrected chi connectivity index (χ2v) is 6.14. The van der Waals surface area contributed by atoms with Crippen molar-refractivity contribution in [1.29, 1.82) is 0 Å². The molecule has 2 aromatic rings. The number of furan rings is 1. The van der Waals surface area contributed by atoms with Gasteiger partial charge in [-0.15, -0.1) is 0 Å². The van der Waals surface area contributed by atoms with Crippen LogP contribution in [0.4, 0.5) is 0 Å². The third-order valence-electron chi connectivity index (χ3n) is 3.98. The van der Waals surface area contributed by atoms with Gasteiger partial charge in [-0.2, -0.15) is 0 Å². The maximum absolute atomic E-state index is 11.5. The van der Waals surface area contributed by atoms with Gasteiger partial charge in [0.05, 0.1) is 22.4 Å². The van der Waals surface area contributed by atoms with E-state index >= 15 is 0 Å². The Morgan fingerprint density at radius 1 is 1.32 bits per heavy atom. The van der Waals surface area contributed by atoms with Crippen molar-refractivity contribution in [2.75, 3.05) is 6.54 Å². The van der Waals surface area contributed by atoms with Crippen LogP contribution in [-0.4, -0.2) is 28.6 Å². The number of likely N-dealkylation sites (tertiary alicyclic amines) is 1. The minimum absolute atomic E-state index is 0.284. The quantitative estimate of drug-likeness (QED) is 0.905. The van der Waals surface area contributed by atoms with Gasteiger partial charge < -0.3 is 9.52 Å². The molecular formula is C16H15Cl2NO3. The lowest BCUT2D eigenvalue weighted by molar-refractivity contribution is -0.142. The lowest BCUT2D eigenvalue weighted by Gasteiger charge is -2.30. The van der Waals surface area contributed by atoms with Crippen molar-refractivity contribution >= 4 is 29.2 Å². The number of hydrogen-bond donors (Lipinski definition) is 1. The summed E-state index contributed by atoms with van der Waals surface area (Å²) in [6.07, 6.45) is 3.06. The third kappa shape index (κ3) is 2.86. The van der Waals surface area contributed by atoms with Crippen LogP contribution in [0.15, 0.2) is 41.0 Å². The number of carbonyl (C=O) groups is 1. The molecule has 0 aliphatic carbocycles. The molecule has 6 heteroatoms. The molecule has 22 heavy (non-hydrogen) atoms. The summed E-state index contributed by atoms with van der Waals surface area (Å²) < 4.78 is 5.55. The Hall–Kier alpha value is -1.49. The summed E-state index contributed by atoms with van der Waals surface area (Å²) in [4.78, 5) is 13.5. The van der Waals surface area contributed by atoms with E-state index in [1.54, 1.807) is 24.5 Å². The van der Waals surface area contributed by atoms with Crippen LogP contribution in [0.3, 0.4) is 0 Å². The van der Waals surface area contributed by atoms with Gasteiger partial charge in [-0.3, -0.25) is 9.69 Å². The number of hydrogen-bond acceptors (Lipinski definition) is 3. The lowest BCUT2D eigenvalue weighted by atomic mass is 10.0. The van der Waals surface area contributed by atoms with Crippen molar-refractivity contribution in [2.24, 2.45) is 0 Å². The van der Waals surface area contributed by atoms with E-state index in [9.17, 15) is 9.90 Å². The molecule has 4 nitrogen and oxygen atoms in total. The zero-order chi connectivity index (χ0) is 15.7. The Labute approximate surface area is 138 Å². The highest BCUT2D eigenvalue weighted by molar-refractivity contribution is 6.42. The summed E-state index contributed by atoms with van der Waals surface area (Å²) in [5.74, 6) is -0.111. The molecule has 1 saturated heterocycles. The summed E-state index contributed by atoms with van der Waals surface area (Å²) >= 11 is 12.1. The number of carboxylic acids is 1. The molecule has 2 atom stereocenters. The van der Waals surface area contributed by atoms with E-state index in [0.717, 1.165) is 12.0 Å². The molecule has 2 heterocycles. The molecule has 0 spiro atoms. The summed E-state index contributed by atoms with van der Waals surface area (Å²) in [7, 11) is 0. The molecule has 1 aromatic carbocycles. The maximum Gasteiger partial charge on any atom is 0.320 e. The highest BCUT2D eigenvalue weighted by atomic mass is 35.5. The molecular weight excluding hydrogens is 325 g/mol. The average Bonchev–Trinajstić information content (AvgIpc) is 3.15. The number of benzene rings is 1. The topological polar surface area (TPSA) is 53.7 Å². The van der Waals surface area contributed by atoms with Gasteiger partial charge in [0.25, 0.3) is 0 Å². The van der Waals surface area contributed by atoms with Crippen molar-refractivity contribution in [3.05, 3.63) is 58.0 Å². The van der Waals surface area contributed by atoms with Crippen LogP contribution >= 0.6 is 23.2 Å². The highest BCUT2D eigenvalue weighted by Crippen LogP contribution is 2.37. The van der Waals surface area contributed by atoms with Gasteiger partial charge in [0.2, 0.25) is 0 Å². The maximum atomic E-state index is 11.5. The Morgan fingerprint density at radius 2 is 2.14 bits per heavy atom. The predicted molar refractivity (Wildman–Crippen MR) is 84.4 cm³/mol. The van der Waals surface area contributed by atoms with Gasteiger partial charge in [0, 0.05) is 6.54 Å². The third-order valence-corrected chi connectivity index (χ3v) is 4.72. The number of nitrogens with zero attached hydrogens (tertiary/aromatic N) is 1. The van der Waals surface area contributed by atoms with Crippen molar-refractivity contribution in [3.8, 4) is 0 Å². The Balaban J connectivity index is 2.04. The zero-order valence-corrected chi connectivity index (χ0v) is 13.2. The fourth-order valence-electron chi connectivity index (χ4n) is 3.01. The van der Waals surface area contributed by atoms with Gasteiger partial charge in [0.15, 0.2) is 0 Å². The Kier molecular flexibility index (Phi) is 4.43. The molecule has 1 aromatic heterocycles. The van der Waals surface area contributed by atoms with Crippen LogP contribution in [0.5, 0.6) is 0 Å². The van der Waals surface area contributed by atoms with Gasteiger partial charge in [-0.25, -0.2) is 0 Å². The molecule has 0 radical (unpaired) electrons. The van der Waals surface area contributed by atoms with Crippen molar-refractivity contribution in [2.45, 2.75) is 24.9 Å². The van der Waals surface area contributed by atoms with E-state index < -0.39 is 12.0 Å². The monoisotopic (exact) mass is 339 g/mol. The van der Waals surface area contributed by atoms with E-state index in [1.165, 1.54) is 0 Å². The van der Waals surface area contributed by atoms with Crippen LogP contribution in [0.2, 0.25) is 10.0 Å². The first-order chi connectivity index (χ1) is 10.6. The smallest absolute Gasteiger partial charge is 0.320 e. The van der Waals surface area contributed by atoms with E-state index in [2.05, 4.69) is 0 Å². The predicted octanol–water partition coefficient (Wildman–Crippen LogP) is 4.22. The van der Waals surface area contributed by atoms with Crippen LogP contribution < -0.4 is 0 Å².